The minimum Gasteiger partial charge on any atom is -0.341 e. The Kier molecular flexibility index (Phi) is 4.70. The molecule has 1 aromatic carbocycles. The fourth-order valence-electron chi connectivity index (χ4n) is 1.21. The number of rotatable bonds is 4. The number of benzene rings is 1. The van der Waals surface area contributed by atoms with Gasteiger partial charge in [-0.2, -0.15) is 5.26 Å². The summed E-state index contributed by atoms with van der Waals surface area (Å²) in [4.78, 5) is 23.1. The minimum absolute atomic E-state index is 0.0651. The van der Waals surface area contributed by atoms with Gasteiger partial charge in [0.2, 0.25) is 5.91 Å². The number of carbonyl (C=O) groups excluding carboxylic acids is 2. The minimum atomic E-state index is -0.670. The lowest BCUT2D eigenvalue weighted by molar-refractivity contribution is -0.122. The first-order valence-electron chi connectivity index (χ1n) is 5.15. The zero-order chi connectivity index (χ0) is 12.7. The Balaban J connectivity index is 2.52. The molecule has 2 amide bonds. The van der Waals surface area contributed by atoms with E-state index in [1.54, 1.807) is 43.3 Å². The van der Waals surface area contributed by atoms with Gasteiger partial charge in [0.05, 0.1) is 6.07 Å². The molecule has 0 aliphatic carbocycles. The van der Waals surface area contributed by atoms with Crippen molar-refractivity contribution < 1.29 is 9.59 Å². The molecule has 88 valence electrons. The Hall–Kier alpha value is -2.35. The van der Waals surface area contributed by atoms with Crippen LogP contribution in [0.4, 0.5) is 0 Å². The second kappa shape index (κ2) is 6.28. The molecule has 0 radical (unpaired) electrons. The number of carbonyl (C=O) groups is 2. The maximum absolute atomic E-state index is 11.7. The van der Waals surface area contributed by atoms with E-state index in [2.05, 4.69) is 10.6 Å². The highest BCUT2D eigenvalue weighted by molar-refractivity contribution is 5.97. The van der Waals surface area contributed by atoms with Crippen LogP contribution in [-0.4, -0.2) is 24.4 Å². The monoisotopic (exact) mass is 231 g/mol. The summed E-state index contributed by atoms with van der Waals surface area (Å²) in [5.74, 6) is -0.693. The molecule has 0 bridgehead atoms. The van der Waals surface area contributed by atoms with Crippen molar-refractivity contribution >= 4 is 11.8 Å². The molecule has 0 heterocycles. The third-order valence-corrected chi connectivity index (χ3v) is 2.12. The Morgan fingerprint density at radius 2 is 2.00 bits per heavy atom. The zero-order valence-corrected chi connectivity index (χ0v) is 9.43. The van der Waals surface area contributed by atoms with Gasteiger partial charge < -0.3 is 10.6 Å². The van der Waals surface area contributed by atoms with Gasteiger partial charge in [0, 0.05) is 5.56 Å². The van der Waals surface area contributed by atoms with Crippen molar-refractivity contribution in [3.05, 3.63) is 35.9 Å². The van der Waals surface area contributed by atoms with Crippen LogP contribution in [0.5, 0.6) is 0 Å². The molecule has 1 rings (SSSR count). The predicted molar refractivity (Wildman–Crippen MR) is 62.0 cm³/mol. The van der Waals surface area contributed by atoms with Crippen molar-refractivity contribution in [1.82, 2.24) is 10.6 Å². The summed E-state index contributed by atoms with van der Waals surface area (Å²) in [6.07, 6.45) is 0. The maximum atomic E-state index is 11.7. The van der Waals surface area contributed by atoms with Crippen molar-refractivity contribution in [2.45, 2.75) is 13.0 Å². The van der Waals surface area contributed by atoms with E-state index in [0.29, 0.717) is 5.56 Å². The fourth-order valence-corrected chi connectivity index (χ4v) is 1.21. The number of amides is 2. The van der Waals surface area contributed by atoms with Gasteiger partial charge in [-0.05, 0) is 19.1 Å². The van der Waals surface area contributed by atoms with E-state index in [9.17, 15) is 9.59 Å². The lowest BCUT2D eigenvalue weighted by atomic mass is 10.2. The van der Waals surface area contributed by atoms with Crippen LogP contribution in [-0.2, 0) is 4.79 Å². The fraction of sp³-hybridized carbons (Fsp3) is 0.250. The van der Waals surface area contributed by atoms with Gasteiger partial charge in [-0.3, -0.25) is 9.59 Å². The second-order valence-electron chi connectivity index (χ2n) is 3.44. The quantitative estimate of drug-likeness (QED) is 0.738. The standard InChI is InChI=1S/C12H13N3O2/c1-9(11(16)14-8-7-13)15-12(17)10-5-3-2-4-6-10/h2-6,9H,8H2,1H3,(H,14,16)(H,15,17)/t9-/m0/s1. The summed E-state index contributed by atoms with van der Waals surface area (Å²) in [6.45, 7) is 1.50. The molecular formula is C12H13N3O2. The lowest BCUT2D eigenvalue weighted by Crippen LogP contribution is -2.44. The molecule has 0 unspecified atom stereocenters. The molecule has 0 aliphatic rings. The number of hydrogen-bond acceptors (Lipinski definition) is 3. The van der Waals surface area contributed by atoms with Crippen molar-refractivity contribution in [3.8, 4) is 6.07 Å². The zero-order valence-electron chi connectivity index (χ0n) is 9.43. The molecule has 0 aromatic heterocycles. The summed E-state index contributed by atoms with van der Waals surface area (Å²) in [5, 5.41) is 13.2. The molecule has 1 aromatic rings. The van der Waals surface area contributed by atoms with Gasteiger partial charge in [-0.15, -0.1) is 0 Å². The van der Waals surface area contributed by atoms with E-state index < -0.39 is 6.04 Å². The number of nitrogens with one attached hydrogen (secondary N) is 2. The molecule has 0 aliphatic heterocycles. The van der Waals surface area contributed by atoms with Crippen LogP contribution in [0.3, 0.4) is 0 Å². The first-order valence-corrected chi connectivity index (χ1v) is 5.15. The van der Waals surface area contributed by atoms with Gasteiger partial charge in [0.25, 0.3) is 5.91 Å². The SMILES string of the molecule is C[C@H](NC(=O)c1ccccc1)C(=O)NCC#N. The van der Waals surface area contributed by atoms with Crippen molar-refractivity contribution in [1.29, 1.82) is 5.26 Å². The first kappa shape index (κ1) is 12.7. The van der Waals surface area contributed by atoms with E-state index in [4.69, 9.17) is 5.26 Å². The molecule has 0 spiro atoms. The van der Waals surface area contributed by atoms with Gasteiger partial charge >= 0.3 is 0 Å². The van der Waals surface area contributed by atoms with Crippen LogP contribution in [0.15, 0.2) is 30.3 Å². The van der Waals surface area contributed by atoms with Crippen LogP contribution in [0.2, 0.25) is 0 Å². The Labute approximate surface area is 99.4 Å². The van der Waals surface area contributed by atoms with Gasteiger partial charge in [-0.25, -0.2) is 0 Å². The lowest BCUT2D eigenvalue weighted by Gasteiger charge is -2.12. The van der Waals surface area contributed by atoms with Crippen molar-refractivity contribution in [3.63, 3.8) is 0 Å². The molecule has 2 N–H and O–H groups in total. The van der Waals surface area contributed by atoms with E-state index in [1.807, 2.05) is 0 Å². The average Bonchev–Trinajstić information content (AvgIpc) is 2.36. The smallest absolute Gasteiger partial charge is 0.251 e. The average molecular weight is 231 g/mol. The van der Waals surface area contributed by atoms with E-state index in [0.717, 1.165) is 0 Å². The molecule has 0 fully saturated rings. The van der Waals surface area contributed by atoms with Gasteiger partial charge in [0.15, 0.2) is 0 Å². The summed E-state index contributed by atoms with van der Waals surface area (Å²) in [6, 6.07) is 9.74. The summed E-state index contributed by atoms with van der Waals surface area (Å²) < 4.78 is 0. The Morgan fingerprint density at radius 3 is 2.59 bits per heavy atom. The molecule has 5 heteroatoms. The van der Waals surface area contributed by atoms with Crippen molar-refractivity contribution in [2.75, 3.05) is 6.54 Å². The Morgan fingerprint density at radius 1 is 1.35 bits per heavy atom. The van der Waals surface area contributed by atoms with Crippen molar-refractivity contribution in [2.24, 2.45) is 0 Å². The maximum Gasteiger partial charge on any atom is 0.251 e. The highest BCUT2D eigenvalue weighted by Gasteiger charge is 2.15. The number of nitriles is 1. The van der Waals surface area contributed by atoms with Crippen LogP contribution < -0.4 is 10.6 Å². The first-order chi connectivity index (χ1) is 8.15. The summed E-state index contributed by atoms with van der Waals surface area (Å²) in [7, 11) is 0. The van der Waals surface area contributed by atoms with E-state index >= 15 is 0 Å². The highest BCUT2D eigenvalue weighted by atomic mass is 16.2. The van der Waals surface area contributed by atoms with Crippen LogP contribution in [0, 0.1) is 11.3 Å². The number of nitrogens with zero attached hydrogens (tertiary/aromatic N) is 1. The molecule has 1 atom stereocenters. The highest BCUT2D eigenvalue weighted by Crippen LogP contribution is 1.98. The van der Waals surface area contributed by atoms with E-state index in [1.165, 1.54) is 0 Å². The van der Waals surface area contributed by atoms with Gasteiger partial charge in [0.1, 0.15) is 12.6 Å². The normalized spacial score (nSPS) is 11.1. The van der Waals surface area contributed by atoms with Gasteiger partial charge in [-0.1, -0.05) is 18.2 Å². The topological polar surface area (TPSA) is 82.0 Å². The van der Waals surface area contributed by atoms with Crippen LogP contribution >= 0.6 is 0 Å². The van der Waals surface area contributed by atoms with E-state index in [-0.39, 0.29) is 18.4 Å². The van der Waals surface area contributed by atoms with Crippen LogP contribution in [0.25, 0.3) is 0 Å². The molecule has 5 nitrogen and oxygen atoms in total. The molecule has 17 heavy (non-hydrogen) atoms. The Bertz CT molecular complexity index is 437. The number of hydrogen-bond donors (Lipinski definition) is 2. The summed E-state index contributed by atoms with van der Waals surface area (Å²) >= 11 is 0. The third kappa shape index (κ3) is 3.95. The molecule has 0 saturated heterocycles. The summed E-state index contributed by atoms with van der Waals surface area (Å²) in [5.41, 5.74) is 0.493. The third-order valence-electron chi connectivity index (χ3n) is 2.12. The van der Waals surface area contributed by atoms with Crippen LogP contribution in [0.1, 0.15) is 17.3 Å². The second-order valence-corrected chi connectivity index (χ2v) is 3.44. The predicted octanol–water partition coefficient (Wildman–Crippen LogP) is 0.445. The molecule has 0 saturated carbocycles. The molecular weight excluding hydrogens is 218 g/mol. The largest absolute Gasteiger partial charge is 0.341 e.